The van der Waals surface area contributed by atoms with Gasteiger partial charge in [-0.2, -0.15) is 0 Å². The van der Waals surface area contributed by atoms with Gasteiger partial charge in [-0.15, -0.1) is 0 Å². The lowest BCUT2D eigenvalue weighted by Gasteiger charge is -2.08. The summed E-state index contributed by atoms with van der Waals surface area (Å²) in [5, 5.41) is 3.32. The molecule has 3 nitrogen and oxygen atoms in total. The van der Waals surface area contributed by atoms with E-state index in [0.29, 0.717) is 6.04 Å². The number of aliphatic imine (C=N–C) groups is 1. The van der Waals surface area contributed by atoms with Crippen LogP contribution in [0.5, 0.6) is 5.75 Å². The molecular weight excluding hydrogens is 256 g/mol. The van der Waals surface area contributed by atoms with Crippen LogP contribution in [0.1, 0.15) is 12.5 Å². The fraction of sp³-hybridized carbons (Fsp3) is 0.364. The molecule has 1 aliphatic rings. The van der Waals surface area contributed by atoms with Gasteiger partial charge in [-0.3, -0.25) is 4.99 Å². The zero-order valence-electron chi connectivity index (χ0n) is 8.75. The van der Waals surface area contributed by atoms with E-state index in [2.05, 4.69) is 33.2 Å². The molecule has 0 fully saturated rings. The first-order valence-electron chi connectivity index (χ1n) is 4.85. The number of benzene rings is 1. The van der Waals surface area contributed by atoms with Crippen LogP contribution in [0, 0.1) is 0 Å². The number of halogens is 1. The molecule has 1 unspecified atom stereocenters. The molecule has 0 saturated carbocycles. The summed E-state index contributed by atoms with van der Waals surface area (Å²) in [7, 11) is 1.66. The summed E-state index contributed by atoms with van der Waals surface area (Å²) in [6.45, 7) is 2.95. The molecule has 15 heavy (non-hydrogen) atoms. The lowest BCUT2D eigenvalue weighted by atomic mass is 10.2. The molecule has 2 rings (SSSR count). The van der Waals surface area contributed by atoms with E-state index in [9.17, 15) is 0 Å². The van der Waals surface area contributed by atoms with Gasteiger partial charge in [0.05, 0.1) is 13.7 Å². The number of nitrogens with one attached hydrogen (secondary N) is 1. The van der Waals surface area contributed by atoms with E-state index in [1.165, 1.54) is 0 Å². The van der Waals surface area contributed by atoms with Crippen LogP contribution in [0.15, 0.2) is 27.7 Å². The highest BCUT2D eigenvalue weighted by atomic mass is 79.9. The van der Waals surface area contributed by atoms with Crippen molar-refractivity contribution in [3.63, 3.8) is 0 Å². The number of hydrogen-bond donors (Lipinski definition) is 1. The van der Waals surface area contributed by atoms with Gasteiger partial charge in [-0.05, 0) is 25.1 Å². The largest absolute Gasteiger partial charge is 0.497 e. The summed E-state index contributed by atoms with van der Waals surface area (Å²) >= 11 is 3.45. The Morgan fingerprint density at radius 2 is 2.27 bits per heavy atom. The van der Waals surface area contributed by atoms with Crippen molar-refractivity contribution in [1.82, 2.24) is 5.32 Å². The van der Waals surface area contributed by atoms with E-state index in [1.54, 1.807) is 7.11 Å². The van der Waals surface area contributed by atoms with Gasteiger partial charge < -0.3 is 10.1 Å². The third kappa shape index (κ3) is 2.31. The molecule has 0 bridgehead atoms. The predicted molar refractivity (Wildman–Crippen MR) is 64.7 cm³/mol. The van der Waals surface area contributed by atoms with E-state index in [-0.39, 0.29) is 0 Å². The summed E-state index contributed by atoms with van der Waals surface area (Å²) in [6, 6.07) is 6.37. The molecule has 1 aliphatic heterocycles. The Balaban J connectivity index is 2.32. The van der Waals surface area contributed by atoms with Crippen molar-refractivity contribution in [1.29, 1.82) is 0 Å². The Morgan fingerprint density at radius 3 is 2.87 bits per heavy atom. The number of nitrogens with zero attached hydrogens (tertiary/aromatic N) is 1. The van der Waals surface area contributed by atoms with Gasteiger partial charge in [0.15, 0.2) is 0 Å². The molecule has 80 valence electrons. The molecule has 0 aliphatic carbocycles. The van der Waals surface area contributed by atoms with Crippen LogP contribution in [0.4, 0.5) is 0 Å². The van der Waals surface area contributed by atoms with Crippen molar-refractivity contribution in [2.24, 2.45) is 4.99 Å². The first-order chi connectivity index (χ1) is 7.19. The average molecular weight is 269 g/mol. The third-order valence-corrected chi connectivity index (χ3v) is 2.74. The average Bonchev–Trinajstić information content (AvgIpc) is 2.64. The minimum Gasteiger partial charge on any atom is -0.497 e. The first kappa shape index (κ1) is 10.5. The molecule has 0 radical (unpaired) electrons. The summed E-state index contributed by atoms with van der Waals surface area (Å²) < 4.78 is 6.21. The Hall–Kier alpha value is -1.03. The van der Waals surface area contributed by atoms with Crippen molar-refractivity contribution < 1.29 is 4.74 Å². The van der Waals surface area contributed by atoms with Crippen LogP contribution in [-0.4, -0.2) is 25.5 Å². The van der Waals surface area contributed by atoms with E-state index in [0.717, 1.165) is 28.2 Å². The number of rotatable bonds is 2. The Morgan fingerprint density at radius 1 is 1.47 bits per heavy atom. The second kappa shape index (κ2) is 4.23. The maximum absolute atomic E-state index is 5.21. The monoisotopic (exact) mass is 268 g/mol. The number of ether oxygens (including phenoxy) is 1. The van der Waals surface area contributed by atoms with Crippen molar-refractivity contribution in [3.8, 4) is 5.75 Å². The molecule has 1 aromatic rings. The fourth-order valence-electron chi connectivity index (χ4n) is 1.54. The summed E-state index contributed by atoms with van der Waals surface area (Å²) in [6.07, 6.45) is 0. The summed E-state index contributed by atoms with van der Waals surface area (Å²) in [5.41, 5.74) is 1.06. The predicted octanol–water partition coefficient (Wildman–Crippen LogP) is 2.20. The highest BCUT2D eigenvalue weighted by molar-refractivity contribution is 9.10. The van der Waals surface area contributed by atoms with Crippen molar-refractivity contribution in [3.05, 3.63) is 28.2 Å². The molecule has 0 amide bonds. The zero-order valence-corrected chi connectivity index (χ0v) is 10.3. The standard InChI is InChI=1S/C11H13BrN2O/c1-7-6-13-11(14-7)8-3-9(12)5-10(4-8)15-2/h3-5,7H,6H2,1-2H3,(H,13,14). The second-order valence-electron chi connectivity index (χ2n) is 3.61. The molecule has 1 N–H and O–H groups in total. The van der Waals surface area contributed by atoms with Gasteiger partial charge in [0.1, 0.15) is 11.6 Å². The van der Waals surface area contributed by atoms with Crippen LogP contribution >= 0.6 is 15.9 Å². The van der Waals surface area contributed by atoms with E-state index >= 15 is 0 Å². The van der Waals surface area contributed by atoms with E-state index in [1.807, 2.05) is 18.2 Å². The Labute approximate surface area is 97.7 Å². The molecule has 1 atom stereocenters. The molecule has 1 heterocycles. The van der Waals surface area contributed by atoms with Gasteiger partial charge in [0.25, 0.3) is 0 Å². The quantitative estimate of drug-likeness (QED) is 0.893. The van der Waals surface area contributed by atoms with Gasteiger partial charge in [-0.1, -0.05) is 15.9 Å². The molecule has 0 aromatic heterocycles. The molecule has 4 heteroatoms. The van der Waals surface area contributed by atoms with E-state index in [4.69, 9.17) is 4.74 Å². The number of methoxy groups -OCH3 is 1. The normalized spacial score (nSPS) is 19.7. The van der Waals surface area contributed by atoms with Crippen LogP contribution < -0.4 is 10.1 Å². The molecule has 0 saturated heterocycles. The fourth-order valence-corrected chi connectivity index (χ4v) is 2.02. The van der Waals surface area contributed by atoms with Crippen molar-refractivity contribution in [2.75, 3.05) is 13.7 Å². The number of hydrogen-bond acceptors (Lipinski definition) is 3. The maximum Gasteiger partial charge on any atom is 0.128 e. The van der Waals surface area contributed by atoms with Crippen LogP contribution in [0.3, 0.4) is 0 Å². The lowest BCUT2D eigenvalue weighted by molar-refractivity contribution is 0.414. The third-order valence-electron chi connectivity index (χ3n) is 2.29. The van der Waals surface area contributed by atoms with Gasteiger partial charge >= 0.3 is 0 Å². The molecule has 0 spiro atoms. The first-order valence-corrected chi connectivity index (χ1v) is 5.64. The Kier molecular flexibility index (Phi) is 2.95. The van der Waals surface area contributed by atoms with Gasteiger partial charge in [-0.25, -0.2) is 0 Å². The minimum absolute atomic E-state index is 0.421. The molecule has 1 aromatic carbocycles. The van der Waals surface area contributed by atoms with Crippen LogP contribution in [0.25, 0.3) is 0 Å². The second-order valence-corrected chi connectivity index (χ2v) is 4.53. The van der Waals surface area contributed by atoms with Crippen molar-refractivity contribution in [2.45, 2.75) is 13.0 Å². The van der Waals surface area contributed by atoms with Crippen molar-refractivity contribution >= 4 is 21.8 Å². The lowest BCUT2D eigenvalue weighted by Crippen LogP contribution is -2.27. The topological polar surface area (TPSA) is 33.6 Å². The van der Waals surface area contributed by atoms with Gasteiger partial charge in [0.2, 0.25) is 0 Å². The highest BCUT2D eigenvalue weighted by Gasteiger charge is 2.15. The minimum atomic E-state index is 0.421. The van der Waals surface area contributed by atoms with Crippen LogP contribution in [0.2, 0.25) is 0 Å². The SMILES string of the molecule is COc1cc(Br)cc(C2=NCC(C)N2)c1. The van der Waals surface area contributed by atoms with Crippen LogP contribution in [-0.2, 0) is 0 Å². The highest BCUT2D eigenvalue weighted by Crippen LogP contribution is 2.22. The smallest absolute Gasteiger partial charge is 0.128 e. The summed E-state index contributed by atoms with van der Waals surface area (Å²) in [4.78, 5) is 4.43. The number of amidine groups is 1. The zero-order chi connectivity index (χ0) is 10.8. The summed E-state index contributed by atoms with van der Waals surface area (Å²) in [5.74, 6) is 1.78. The van der Waals surface area contributed by atoms with E-state index < -0.39 is 0 Å². The molecular formula is C11H13BrN2O. The Bertz CT molecular complexity index is 404. The van der Waals surface area contributed by atoms with Gasteiger partial charge in [0, 0.05) is 16.1 Å². The maximum atomic E-state index is 5.21.